The fourth-order valence-electron chi connectivity index (χ4n) is 5.05. The van der Waals surface area contributed by atoms with Crippen LogP contribution in [0.1, 0.15) is 49.7 Å². The summed E-state index contributed by atoms with van der Waals surface area (Å²) in [5.74, 6) is 1.21. The molecule has 0 aliphatic heterocycles. The molecule has 1 aromatic rings. The summed E-state index contributed by atoms with van der Waals surface area (Å²) >= 11 is 0. The van der Waals surface area contributed by atoms with E-state index in [4.69, 9.17) is 0 Å². The smallest absolute Gasteiger partial charge is 0.222 e. The van der Waals surface area contributed by atoms with E-state index in [1.54, 1.807) is 19.0 Å². The lowest BCUT2D eigenvalue weighted by Gasteiger charge is -2.19. The number of rotatable bonds is 9. The summed E-state index contributed by atoms with van der Waals surface area (Å²) in [5, 5.41) is 21.0. The molecule has 0 unspecified atom stereocenters. The zero-order chi connectivity index (χ0) is 21.7. The zero-order valence-electron chi connectivity index (χ0n) is 18.6. The van der Waals surface area contributed by atoms with Crippen LogP contribution >= 0.6 is 0 Å². The predicted molar refractivity (Wildman–Crippen MR) is 121 cm³/mol. The Hall–Kier alpha value is -1.91. The van der Waals surface area contributed by atoms with Crippen LogP contribution in [0.4, 0.5) is 0 Å². The average molecular weight is 412 g/mol. The van der Waals surface area contributed by atoms with Crippen LogP contribution in [0.2, 0.25) is 0 Å². The van der Waals surface area contributed by atoms with Crippen molar-refractivity contribution in [2.24, 2.45) is 17.8 Å². The zero-order valence-corrected chi connectivity index (χ0v) is 18.6. The van der Waals surface area contributed by atoms with Crippen molar-refractivity contribution in [1.29, 1.82) is 0 Å². The largest absolute Gasteiger partial charge is 0.392 e. The Labute approximate surface area is 181 Å². The van der Waals surface area contributed by atoms with E-state index in [1.807, 2.05) is 18.2 Å². The Balaban J connectivity index is 1.47. The highest BCUT2D eigenvalue weighted by Crippen LogP contribution is 2.48. The fourth-order valence-corrected chi connectivity index (χ4v) is 5.05. The van der Waals surface area contributed by atoms with Gasteiger partial charge < -0.3 is 15.1 Å². The maximum absolute atomic E-state index is 11.7. The van der Waals surface area contributed by atoms with Crippen molar-refractivity contribution >= 4 is 5.91 Å². The van der Waals surface area contributed by atoms with Gasteiger partial charge in [-0.05, 0) is 56.4 Å². The molecular weight excluding hydrogens is 374 g/mol. The molecule has 1 saturated carbocycles. The van der Waals surface area contributed by atoms with E-state index in [0.29, 0.717) is 24.7 Å². The number of carbonyl (C=O) groups excluding carboxylic acids is 1. The molecule has 4 heteroatoms. The Bertz CT molecular complexity index is 782. The van der Waals surface area contributed by atoms with Gasteiger partial charge in [0.1, 0.15) is 0 Å². The topological polar surface area (TPSA) is 60.8 Å². The summed E-state index contributed by atoms with van der Waals surface area (Å²) in [5.41, 5.74) is 3.82. The molecule has 3 rings (SSSR count). The third-order valence-electron chi connectivity index (χ3n) is 6.67. The van der Waals surface area contributed by atoms with Gasteiger partial charge in [-0.3, -0.25) is 4.79 Å². The van der Waals surface area contributed by atoms with Gasteiger partial charge in [0.25, 0.3) is 0 Å². The molecule has 4 nitrogen and oxygen atoms in total. The van der Waals surface area contributed by atoms with E-state index >= 15 is 0 Å². The number of benzene rings is 1. The molecule has 0 radical (unpaired) electrons. The number of aryl methyl sites for hydroxylation is 1. The van der Waals surface area contributed by atoms with Gasteiger partial charge in [-0.2, -0.15) is 0 Å². The van der Waals surface area contributed by atoms with E-state index in [2.05, 4.69) is 31.2 Å². The van der Waals surface area contributed by atoms with Crippen LogP contribution in [0.25, 0.3) is 0 Å². The van der Waals surface area contributed by atoms with Crippen molar-refractivity contribution in [3.05, 3.63) is 59.2 Å². The quantitative estimate of drug-likeness (QED) is 0.476. The second-order valence-corrected chi connectivity index (χ2v) is 9.38. The van der Waals surface area contributed by atoms with E-state index in [1.165, 1.54) is 11.1 Å². The highest BCUT2D eigenvalue weighted by molar-refractivity contribution is 5.75. The molecule has 1 fully saturated rings. The molecule has 0 heterocycles. The molecule has 0 bridgehead atoms. The number of nitrogens with zero attached hydrogens (tertiary/aromatic N) is 1. The van der Waals surface area contributed by atoms with Crippen molar-refractivity contribution < 1.29 is 15.0 Å². The molecule has 30 heavy (non-hydrogen) atoms. The first kappa shape index (κ1) is 22.8. The number of unbranched alkanes of at least 4 members (excludes halogenated alkanes) is 1. The molecule has 0 spiro atoms. The van der Waals surface area contributed by atoms with E-state index in [-0.39, 0.29) is 17.9 Å². The summed E-state index contributed by atoms with van der Waals surface area (Å²) < 4.78 is 0. The van der Waals surface area contributed by atoms with Crippen LogP contribution in [-0.4, -0.2) is 47.3 Å². The monoisotopic (exact) mass is 411 g/mol. The molecule has 164 valence electrons. The van der Waals surface area contributed by atoms with Gasteiger partial charge in [-0.15, -0.1) is 0 Å². The van der Waals surface area contributed by atoms with Crippen molar-refractivity contribution in [2.75, 3.05) is 14.1 Å². The van der Waals surface area contributed by atoms with E-state index in [9.17, 15) is 15.0 Å². The molecule has 2 N–H and O–H groups in total. The van der Waals surface area contributed by atoms with Crippen molar-refractivity contribution in [1.82, 2.24) is 4.90 Å². The van der Waals surface area contributed by atoms with Gasteiger partial charge in [0.05, 0.1) is 12.2 Å². The minimum Gasteiger partial charge on any atom is -0.392 e. The van der Waals surface area contributed by atoms with E-state index in [0.717, 1.165) is 37.7 Å². The van der Waals surface area contributed by atoms with Crippen LogP contribution < -0.4 is 0 Å². The molecule has 1 amide bonds. The number of allylic oxidation sites excluding steroid dienone is 2. The predicted octanol–water partition coefficient (Wildman–Crippen LogP) is 4.05. The molecule has 0 aromatic heterocycles. The van der Waals surface area contributed by atoms with Crippen LogP contribution in [0, 0.1) is 24.7 Å². The summed E-state index contributed by atoms with van der Waals surface area (Å²) in [4.78, 5) is 13.3. The minimum absolute atomic E-state index is 0.117. The Morgan fingerprint density at radius 2 is 2.10 bits per heavy atom. The average Bonchev–Trinajstić information content (AvgIpc) is 3.19. The number of amides is 1. The molecule has 1 aromatic carbocycles. The summed E-state index contributed by atoms with van der Waals surface area (Å²) in [6.45, 7) is 2.06. The number of aliphatic hydroxyl groups excluding tert-OH is 2. The number of fused-ring (bicyclic) bond motifs is 1. The molecule has 5 atom stereocenters. The standard InChI is InChI=1S/C26H37NO3/c1-18-7-6-9-19(13-18)15-22(28)11-12-23-24-16-20(14-21(24)17-25(23)29)8-4-5-10-26(30)27(2)3/h6-7,9,11-14,21-25,28-29H,4-5,8,10,15-17H2,1-3H3/t21-,22-,23+,24-,25+/m0/s1. The van der Waals surface area contributed by atoms with Crippen LogP contribution in [0.5, 0.6) is 0 Å². The van der Waals surface area contributed by atoms with Crippen LogP contribution in [-0.2, 0) is 11.2 Å². The lowest BCUT2D eigenvalue weighted by molar-refractivity contribution is -0.128. The Morgan fingerprint density at radius 3 is 2.83 bits per heavy atom. The van der Waals surface area contributed by atoms with Gasteiger partial charge in [-0.25, -0.2) is 0 Å². The maximum Gasteiger partial charge on any atom is 0.222 e. The van der Waals surface area contributed by atoms with Gasteiger partial charge in [0.2, 0.25) is 5.91 Å². The summed E-state index contributed by atoms with van der Waals surface area (Å²) in [6, 6.07) is 8.24. The highest BCUT2D eigenvalue weighted by Gasteiger charge is 2.43. The van der Waals surface area contributed by atoms with Crippen molar-refractivity contribution in [3.63, 3.8) is 0 Å². The normalized spacial score (nSPS) is 26.6. The van der Waals surface area contributed by atoms with E-state index < -0.39 is 6.10 Å². The molecular formula is C26H37NO3. The minimum atomic E-state index is -0.527. The molecule has 2 aliphatic carbocycles. The molecule has 2 aliphatic rings. The first-order valence-electron chi connectivity index (χ1n) is 11.3. The van der Waals surface area contributed by atoms with Crippen LogP contribution in [0.3, 0.4) is 0 Å². The first-order chi connectivity index (χ1) is 14.3. The number of carbonyl (C=O) groups is 1. The fraction of sp³-hybridized carbons (Fsp3) is 0.577. The Kier molecular flexibility index (Phi) is 7.90. The number of aliphatic hydroxyl groups is 2. The highest BCUT2D eigenvalue weighted by atomic mass is 16.3. The second kappa shape index (κ2) is 10.4. The van der Waals surface area contributed by atoms with Gasteiger partial charge in [0.15, 0.2) is 0 Å². The first-order valence-corrected chi connectivity index (χ1v) is 11.3. The van der Waals surface area contributed by atoms with Crippen molar-refractivity contribution in [3.8, 4) is 0 Å². The lowest BCUT2D eigenvalue weighted by Crippen LogP contribution is -2.21. The molecule has 0 saturated heterocycles. The number of hydrogen-bond donors (Lipinski definition) is 2. The lowest BCUT2D eigenvalue weighted by atomic mass is 9.88. The van der Waals surface area contributed by atoms with Crippen LogP contribution in [0.15, 0.2) is 48.1 Å². The van der Waals surface area contributed by atoms with Gasteiger partial charge >= 0.3 is 0 Å². The summed E-state index contributed by atoms with van der Waals surface area (Å²) in [7, 11) is 3.61. The van der Waals surface area contributed by atoms with Gasteiger partial charge in [-0.1, -0.05) is 53.6 Å². The van der Waals surface area contributed by atoms with Gasteiger partial charge in [0, 0.05) is 32.9 Å². The third-order valence-corrected chi connectivity index (χ3v) is 6.67. The SMILES string of the molecule is Cc1cccc(C[C@@H](O)C=C[C@@H]2[C@H]3CC(CCCCC(=O)N(C)C)=C[C@H]3C[C@H]2O)c1. The Morgan fingerprint density at radius 1 is 1.30 bits per heavy atom. The van der Waals surface area contributed by atoms with Crippen molar-refractivity contribution in [2.45, 2.75) is 64.1 Å². The number of hydrogen-bond acceptors (Lipinski definition) is 3. The summed E-state index contributed by atoms with van der Waals surface area (Å²) in [6.07, 6.45) is 11.6. The second-order valence-electron chi connectivity index (χ2n) is 9.38. The maximum atomic E-state index is 11.7. The third kappa shape index (κ3) is 6.05.